The SMILES string of the molecule is COCCNS(=O)(=O)Nc1ccc(OC/C(N)=N/O)cc1. The largest absolute Gasteiger partial charge is 0.486 e. The normalized spacial score (nSPS) is 12.1. The minimum absolute atomic E-state index is 0.0675. The van der Waals surface area contributed by atoms with E-state index in [4.69, 9.17) is 20.4 Å². The number of nitrogens with two attached hydrogens (primary N) is 1. The van der Waals surface area contributed by atoms with Crippen LogP contribution in [0.5, 0.6) is 5.75 Å². The van der Waals surface area contributed by atoms with Crippen LogP contribution in [0.3, 0.4) is 0 Å². The molecule has 0 aliphatic heterocycles. The van der Waals surface area contributed by atoms with Crippen LogP contribution in [0.4, 0.5) is 5.69 Å². The minimum atomic E-state index is -3.64. The van der Waals surface area contributed by atoms with E-state index in [9.17, 15) is 8.42 Å². The number of hydrogen-bond acceptors (Lipinski definition) is 6. The summed E-state index contributed by atoms with van der Waals surface area (Å²) in [5, 5.41) is 11.1. The Morgan fingerprint density at radius 1 is 1.38 bits per heavy atom. The van der Waals surface area contributed by atoms with Crippen molar-refractivity contribution in [2.45, 2.75) is 0 Å². The van der Waals surface area contributed by atoms with Crippen LogP contribution in [-0.4, -0.2) is 46.3 Å². The number of benzene rings is 1. The lowest BCUT2D eigenvalue weighted by atomic mass is 10.3. The average molecular weight is 318 g/mol. The van der Waals surface area contributed by atoms with Gasteiger partial charge >= 0.3 is 0 Å². The second kappa shape index (κ2) is 8.29. The summed E-state index contributed by atoms with van der Waals surface area (Å²) in [4.78, 5) is 0. The standard InChI is InChI=1S/C11H18N4O5S/c1-19-7-6-13-21(17,18)15-9-2-4-10(5-3-9)20-8-11(12)14-16/h2-5,13,15-16H,6-8H2,1H3,(H2,12,14). The first-order valence-corrected chi connectivity index (χ1v) is 7.41. The molecule has 21 heavy (non-hydrogen) atoms. The molecule has 0 spiro atoms. The first kappa shape index (κ1) is 17.0. The van der Waals surface area contributed by atoms with Gasteiger partial charge in [0.25, 0.3) is 10.2 Å². The van der Waals surface area contributed by atoms with Crippen LogP contribution in [0.15, 0.2) is 29.4 Å². The second-order valence-electron chi connectivity index (χ2n) is 3.90. The zero-order valence-electron chi connectivity index (χ0n) is 11.4. The predicted molar refractivity (Wildman–Crippen MR) is 77.8 cm³/mol. The number of rotatable bonds is 9. The third-order valence-electron chi connectivity index (χ3n) is 2.22. The first-order chi connectivity index (χ1) is 9.96. The molecule has 0 aliphatic rings. The van der Waals surface area contributed by atoms with E-state index in [0.717, 1.165) is 0 Å². The molecule has 0 aromatic heterocycles. The molecule has 1 rings (SSSR count). The van der Waals surface area contributed by atoms with E-state index >= 15 is 0 Å². The van der Waals surface area contributed by atoms with Crippen molar-refractivity contribution in [2.24, 2.45) is 10.9 Å². The fraction of sp³-hybridized carbons (Fsp3) is 0.364. The topological polar surface area (TPSA) is 135 Å². The summed E-state index contributed by atoms with van der Waals surface area (Å²) in [5.74, 6) is 0.388. The van der Waals surface area contributed by atoms with Crippen molar-refractivity contribution in [1.82, 2.24) is 4.72 Å². The van der Waals surface area contributed by atoms with Crippen molar-refractivity contribution in [3.05, 3.63) is 24.3 Å². The number of methoxy groups -OCH3 is 1. The molecule has 1 aromatic rings. The van der Waals surface area contributed by atoms with Crippen molar-refractivity contribution in [3.63, 3.8) is 0 Å². The smallest absolute Gasteiger partial charge is 0.299 e. The lowest BCUT2D eigenvalue weighted by Crippen LogP contribution is -2.32. The zero-order chi connectivity index (χ0) is 15.7. The van der Waals surface area contributed by atoms with Crippen LogP contribution in [0.1, 0.15) is 0 Å². The quantitative estimate of drug-likeness (QED) is 0.162. The third kappa shape index (κ3) is 6.79. The minimum Gasteiger partial charge on any atom is -0.486 e. The summed E-state index contributed by atoms with van der Waals surface area (Å²) in [6.45, 7) is 0.383. The maximum Gasteiger partial charge on any atom is 0.299 e. The van der Waals surface area contributed by atoms with Crippen LogP contribution in [0.25, 0.3) is 0 Å². The van der Waals surface area contributed by atoms with Gasteiger partial charge in [-0.3, -0.25) is 4.72 Å². The lowest BCUT2D eigenvalue weighted by molar-refractivity contribution is 0.204. The van der Waals surface area contributed by atoms with Crippen molar-refractivity contribution in [2.75, 3.05) is 31.6 Å². The highest BCUT2D eigenvalue weighted by molar-refractivity contribution is 7.90. The Morgan fingerprint density at radius 3 is 2.62 bits per heavy atom. The molecule has 9 nitrogen and oxygen atoms in total. The molecule has 0 radical (unpaired) electrons. The molecule has 0 saturated carbocycles. The summed E-state index contributed by atoms with van der Waals surface area (Å²) in [6, 6.07) is 6.16. The predicted octanol–water partition coefficient (Wildman–Crippen LogP) is -0.295. The molecule has 0 atom stereocenters. The molecular weight excluding hydrogens is 300 g/mol. The Balaban J connectivity index is 2.54. The van der Waals surface area contributed by atoms with Crippen LogP contribution in [0, 0.1) is 0 Å². The van der Waals surface area contributed by atoms with Gasteiger partial charge in [-0.25, -0.2) is 0 Å². The van der Waals surface area contributed by atoms with E-state index in [2.05, 4.69) is 14.6 Å². The number of hydrogen-bond donors (Lipinski definition) is 4. The van der Waals surface area contributed by atoms with Gasteiger partial charge in [0.05, 0.1) is 6.61 Å². The Bertz CT molecular complexity index is 558. The van der Waals surface area contributed by atoms with Gasteiger partial charge < -0.3 is 20.4 Å². The Kier molecular flexibility index (Phi) is 6.72. The van der Waals surface area contributed by atoms with Crippen LogP contribution < -0.4 is 19.9 Å². The molecular formula is C11H18N4O5S. The Hall–Kier alpha value is -2.04. The summed E-state index contributed by atoms with van der Waals surface area (Å²) >= 11 is 0. The molecule has 0 heterocycles. The summed E-state index contributed by atoms with van der Waals surface area (Å²) in [5.41, 5.74) is 5.63. The Morgan fingerprint density at radius 2 is 2.05 bits per heavy atom. The van der Waals surface area contributed by atoms with Gasteiger partial charge in [0.2, 0.25) is 0 Å². The maximum atomic E-state index is 11.6. The van der Waals surface area contributed by atoms with E-state index in [1.165, 1.54) is 19.2 Å². The van der Waals surface area contributed by atoms with E-state index in [1.807, 2.05) is 0 Å². The summed E-state index contributed by atoms with van der Waals surface area (Å²) in [7, 11) is -2.16. The molecule has 1 aromatic carbocycles. The van der Waals surface area contributed by atoms with Gasteiger partial charge in [-0.05, 0) is 24.3 Å². The molecule has 118 valence electrons. The molecule has 0 saturated heterocycles. The molecule has 10 heteroatoms. The third-order valence-corrected chi connectivity index (χ3v) is 3.31. The maximum absolute atomic E-state index is 11.6. The number of oxime groups is 1. The van der Waals surface area contributed by atoms with Crippen molar-refractivity contribution in [1.29, 1.82) is 0 Å². The van der Waals surface area contributed by atoms with Crippen molar-refractivity contribution >= 4 is 21.7 Å². The van der Waals surface area contributed by atoms with Gasteiger partial charge in [-0.1, -0.05) is 5.16 Å². The lowest BCUT2D eigenvalue weighted by Gasteiger charge is -2.10. The van der Waals surface area contributed by atoms with Gasteiger partial charge in [0, 0.05) is 19.3 Å². The average Bonchev–Trinajstić information content (AvgIpc) is 2.46. The van der Waals surface area contributed by atoms with E-state index in [-0.39, 0.29) is 25.6 Å². The molecule has 0 bridgehead atoms. The summed E-state index contributed by atoms with van der Waals surface area (Å²) in [6.07, 6.45) is 0. The second-order valence-corrected chi connectivity index (χ2v) is 5.40. The molecule has 0 amide bonds. The molecule has 0 fully saturated rings. The van der Waals surface area contributed by atoms with E-state index in [0.29, 0.717) is 11.4 Å². The van der Waals surface area contributed by atoms with Crippen LogP contribution in [0.2, 0.25) is 0 Å². The number of ether oxygens (including phenoxy) is 2. The van der Waals surface area contributed by atoms with E-state index < -0.39 is 10.2 Å². The highest BCUT2D eigenvalue weighted by Gasteiger charge is 2.08. The zero-order valence-corrected chi connectivity index (χ0v) is 12.3. The number of amidine groups is 1. The number of nitrogens with zero attached hydrogens (tertiary/aromatic N) is 1. The highest BCUT2D eigenvalue weighted by Crippen LogP contribution is 2.16. The fourth-order valence-electron chi connectivity index (χ4n) is 1.27. The van der Waals surface area contributed by atoms with Crippen molar-refractivity contribution < 1.29 is 23.1 Å². The summed E-state index contributed by atoms with van der Waals surface area (Å²) < 4.78 is 37.9. The van der Waals surface area contributed by atoms with Gasteiger partial charge in [-0.15, -0.1) is 0 Å². The monoisotopic (exact) mass is 318 g/mol. The number of anilines is 1. The van der Waals surface area contributed by atoms with Gasteiger partial charge in [0.15, 0.2) is 5.84 Å². The molecule has 5 N–H and O–H groups in total. The fourth-order valence-corrected chi connectivity index (χ4v) is 2.15. The van der Waals surface area contributed by atoms with Gasteiger partial charge in [-0.2, -0.15) is 13.1 Å². The number of nitrogens with one attached hydrogen (secondary N) is 2. The Labute approximate surface area is 122 Å². The van der Waals surface area contributed by atoms with E-state index in [1.54, 1.807) is 12.1 Å². The van der Waals surface area contributed by atoms with Gasteiger partial charge in [0.1, 0.15) is 12.4 Å². The first-order valence-electron chi connectivity index (χ1n) is 5.92. The molecule has 0 aliphatic carbocycles. The molecule has 0 unspecified atom stereocenters. The van der Waals surface area contributed by atoms with Crippen LogP contribution >= 0.6 is 0 Å². The van der Waals surface area contributed by atoms with Crippen molar-refractivity contribution in [3.8, 4) is 5.75 Å². The van der Waals surface area contributed by atoms with Crippen LogP contribution in [-0.2, 0) is 14.9 Å². The highest BCUT2D eigenvalue weighted by atomic mass is 32.2.